The Bertz CT molecular complexity index is 306. The van der Waals surface area contributed by atoms with E-state index in [4.69, 9.17) is 5.84 Å². The molecule has 76 valence electrons. The first kappa shape index (κ1) is 11.1. The first-order valence-electron chi connectivity index (χ1n) is 4.47. The summed E-state index contributed by atoms with van der Waals surface area (Å²) < 4.78 is 0. The van der Waals surface area contributed by atoms with Crippen molar-refractivity contribution in [2.45, 2.75) is 11.8 Å². The molecule has 0 bridgehead atoms. The Labute approximate surface area is 88.8 Å². The number of rotatable bonds is 3. The van der Waals surface area contributed by atoms with E-state index in [9.17, 15) is 0 Å². The summed E-state index contributed by atoms with van der Waals surface area (Å²) in [6.07, 6.45) is 2.05. The van der Waals surface area contributed by atoms with E-state index in [0.717, 1.165) is 17.9 Å². The molecule has 0 saturated carbocycles. The zero-order valence-electron chi connectivity index (χ0n) is 8.45. The third kappa shape index (κ3) is 2.75. The minimum absolute atomic E-state index is 0.726. The highest BCUT2D eigenvalue weighted by Crippen LogP contribution is 2.14. The molecular formula is C10H15N3S. The molecule has 3 N–H and O–H groups in total. The number of hydrogen-bond donors (Lipinski definition) is 2. The lowest BCUT2D eigenvalue weighted by Gasteiger charge is -2.05. The fourth-order valence-corrected chi connectivity index (χ4v) is 1.54. The molecule has 0 radical (unpaired) electrons. The van der Waals surface area contributed by atoms with Gasteiger partial charge in [0.05, 0.1) is 0 Å². The highest BCUT2D eigenvalue weighted by molar-refractivity contribution is 7.98. The maximum atomic E-state index is 5.38. The molecular weight excluding hydrogens is 194 g/mol. The van der Waals surface area contributed by atoms with E-state index >= 15 is 0 Å². The number of amidine groups is 1. The number of nitrogens with one attached hydrogen (secondary N) is 1. The third-order valence-corrected chi connectivity index (χ3v) is 2.56. The predicted molar refractivity (Wildman–Crippen MR) is 62.6 cm³/mol. The summed E-state index contributed by atoms with van der Waals surface area (Å²) in [5.74, 6) is 6.11. The quantitative estimate of drug-likeness (QED) is 0.261. The van der Waals surface area contributed by atoms with Gasteiger partial charge in [0.25, 0.3) is 0 Å². The summed E-state index contributed by atoms with van der Waals surface area (Å²) in [5, 5.41) is 0. The SMILES string of the molecule is CCN=C(NN)c1ccc(SC)cc1. The van der Waals surface area contributed by atoms with Crippen LogP contribution in [0.1, 0.15) is 12.5 Å². The van der Waals surface area contributed by atoms with E-state index in [2.05, 4.69) is 28.8 Å². The molecule has 4 heteroatoms. The highest BCUT2D eigenvalue weighted by Gasteiger charge is 1.99. The fraction of sp³-hybridized carbons (Fsp3) is 0.300. The summed E-state index contributed by atoms with van der Waals surface area (Å²) in [4.78, 5) is 5.48. The van der Waals surface area contributed by atoms with E-state index in [0.29, 0.717) is 0 Å². The van der Waals surface area contributed by atoms with Crippen molar-refractivity contribution in [1.82, 2.24) is 5.43 Å². The van der Waals surface area contributed by atoms with Crippen molar-refractivity contribution in [3.8, 4) is 0 Å². The number of nitrogens with zero attached hydrogens (tertiary/aromatic N) is 1. The molecule has 0 amide bonds. The molecule has 0 atom stereocenters. The molecule has 0 aliphatic carbocycles. The molecule has 0 heterocycles. The molecule has 0 saturated heterocycles. The van der Waals surface area contributed by atoms with Crippen molar-refractivity contribution >= 4 is 17.6 Å². The third-order valence-electron chi connectivity index (χ3n) is 1.82. The van der Waals surface area contributed by atoms with Gasteiger partial charge < -0.3 is 5.43 Å². The molecule has 0 unspecified atom stereocenters. The minimum atomic E-state index is 0.726. The van der Waals surface area contributed by atoms with Gasteiger partial charge in [0.2, 0.25) is 0 Å². The lowest BCUT2D eigenvalue weighted by molar-refractivity contribution is 0.991. The number of aliphatic imine (C=N–C) groups is 1. The van der Waals surface area contributed by atoms with Gasteiger partial charge in [-0.1, -0.05) is 12.1 Å². The van der Waals surface area contributed by atoms with E-state index in [1.807, 2.05) is 19.1 Å². The van der Waals surface area contributed by atoms with E-state index < -0.39 is 0 Å². The maximum Gasteiger partial charge on any atom is 0.142 e. The largest absolute Gasteiger partial charge is 0.308 e. The second-order valence-corrected chi connectivity index (χ2v) is 3.58. The monoisotopic (exact) mass is 209 g/mol. The normalized spacial score (nSPS) is 11.5. The average molecular weight is 209 g/mol. The molecule has 0 fully saturated rings. The van der Waals surface area contributed by atoms with Gasteiger partial charge in [-0.2, -0.15) is 0 Å². The van der Waals surface area contributed by atoms with Gasteiger partial charge in [-0.15, -0.1) is 11.8 Å². The summed E-state index contributed by atoms with van der Waals surface area (Å²) >= 11 is 1.72. The molecule has 0 spiro atoms. The lowest BCUT2D eigenvalue weighted by Crippen LogP contribution is -2.31. The van der Waals surface area contributed by atoms with Gasteiger partial charge in [0, 0.05) is 17.0 Å². The average Bonchev–Trinajstić information content (AvgIpc) is 2.26. The predicted octanol–water partition coefficient (Wildman–Crippen LogP) is 1.64. The lowest BCUT2D eigenvalue weighted by atomic mass is 10.2. The molecule has 1 aromatic rings. The van der Waals surface area contributed by atoms with E-state index in [1.54, 1.807) is 11.8 Å². The van der Waals surface area contributed by atoms with Crippen molar-refractivity contribution < 1.29 is 0 Å². The van der Waals surface area contributed by atoms with Crippen LogP contribution in [0, 0.1) is 0 Å². The first-order valence-corrected chi connectivity index (χ1v) is 5.69. The minimum Gasteiger partial charge on any atom is -0.308 e. The Morgan fingerprint density at radius 2 is 2.07 bits per heavy atom. The highest BCUT2D eigenvalue weighted by atomic mass is 32.2. The van der Waals surface area contributed by atoms with Crippen LogP contribution in [-0.2, 0) is 0 Å². The van der Waals surface area contributed by atoms with Crippen molar-refractivity contribution in [3.05, 3.63) is 29.8 Å². The smallest absolute Gasteiger partial charge is 0.142 e. The van der Waals surface area contributed by atoms with Crippen molar-refractivity contribution in [3.63, 3.8) is 0 Å². The zero-order valence-corrected chi connectivity index (χ0v) is 9.27. The van der Waals surface area contributed by atoms with Gasteiger partial charge in [-0.05, 0) is 25.3 Å². The van der Waals surface area contributed by atoms with Gasteiger partial charge in [0.1, 0.15) is 5.84 Å². The molecule has 1 aromatic carbocycles. The van der Waals surface area contributed by atoms with Crippen LogP contribution in [0.5, 0.6) is 0 Å². The van der Waals surface area contributed by atoms with Crippen molar-refractivity contribution in [2.75, 3.05) is 12.8 Å². The van der Waals surface area contributed by atoms with Crippen molar-refractivity contribution in [2.24, 2.45) is 10.8 Å². The maximum absolute atomic E-state index is 5.38. The number of hydrazine groups is 1. The number of hydrogen-bond acceptors (Lipinski definition) is 3. The zero-order chi connectivity index (χ0) is 10.4. The summed E-state index contributed by atoms with van der Waals surface area (Å²) in [7, 11) is 0. The summed E-state index contributed by atoms with van der Waals surface area (Å²) in [5.41, 5.74) is 3.62. The van der Waals surface area contributed by atoms with Crippen LogP contribution in [-0.4, -0.2) is 18.6 Å². The number of nitrogens with two attached hydrogens (primary N) is 1. The summed E-state index contributed by atoms with van der Waals surface area (Å²) in [6.45, 7) is 2.71. The second kappa shape index (κ2) is 5.67. The van der Waals surface area contributed by atoms with Gasteiger partial charge in [0.15, 0.2) is 0 Å². The first-order chi connectivity index (χ1) is 6.81. The number of thioether (sulfide) groups is 1. The Morgan fingerprint density at radius 1 is 1.43 bits per heavy atom. The van der Waals surface area contributed by atoms with Crippen LogP contribution in [0.15, 0.2) is 34.2 Å². The van der Waals surface area contributed by atoms with Crippen LogP contribution in [0.25, 0.3) is 0 Å². The van der Waals surface area contributed by atoms with Crippen LogP contribution >= 0.6 is 11.8 Å². The van der Waals surface area contributed by atoms with Crippen LogP contribution in [0.4, 0.5) is 0 Å². The summed E-state index contributed by atoms with van der Waals surface area (Å²) in [6, 6.07) is 8.14. The second-order valence-electron chi connectivity index (χ2n) is 2.70. The number of benzene rings is 1. The topological polar surface area (TPSA) is 50.4 Å². The molecule has 14 heavy (non-hydrogen) atoms. The Balaban J connectivity index is 2.89. The molecule has 1 rings (SSSR count). The molecule has 0 aromatic heterocycles. The van der Waals surface area contributed by atoms with Gasteiger partial charge >= 0.3 is 0 Å². The molecule has 0 aliphatic heterocycles. The Hall–Kier alpha value is -1.00. The standard InChI is InChI=1S/C10H15N3S/c1-3-12-10(13-11)8-4-6-9(14-2)7-5-8/h4-7H,3,11H2,1-2H3,(H,12,13). The Morgan fingerprint density at radius 3 is 2.50 bits per heavy atom. The Kier molecular flexibility index (Phi) is 4.49. The van der Waals surface area contributed by atoms with Crippen LogP contribution in [0.2, 0.25) is 0 Å². The van der Waals surface area contributed by atoms with E-state index in [1.165, 1.54) is 4.90 Å². The van der Waals surface area contributed by atoms with Gasteiger partial charge in [-0.3, -0.25) is 4.99 Å². The van der Waals surface area contributed by atoms with E-state index in [-0.39, 0.29) is 0 Å². The molecule has 3 nitrogen and oxygen atoms in total. The van der Waals surface area contributed by atoms with Crippen LogP contribution < -0.4 is 11.3 Å². The van der Waals surface area contributed by atoms with Crippen molar-refractivity contribution in [1.29, 1.82) is 0 Å². The van der Waals surface area contributed by atoms with Gasteiger partial charge in [-0.25, -0.2) is 5.84 Å². The van der Waals surface area contributed by atoms with Crippen LogP contribution in [0.3, 0.4) is 0 Å². The fourth-order valence-electron chi connectivity index (χ4n) is 1.13. The molecule has 0 aliphatic rings.